The highest BCUT2D eigenvalue weighted by Crippen LogP contribution is 2.33. The Balaban J connectivity index is 2.31. The van der Waals surface area contributed by atoms with Crippen molar-refractivity contribution in [2.45, 2.75) is 11.7 Å². The maximum atomic E-state index is 11.9. The number of nitrogens with zero attached hydrogens (tertiary/aromatic N) is 1. The lowest BCUT2D eigenvalue weighted by molar-refractivity contribution is -0.117. The molecule has 1 aromatic carbocycles. The van der Waals surface area contributed by atoms with Crippen molar-refractivity contribution in [2.24, 2.45) is 0 Å². The van der Waals surface area contributed by atoms with Crippen LogP contribution in [-0.4, -0.2) is 39.2 Å². The summed E-state index contributed by atoms with van der Waals surface area (Å²) >= 11 is 3.27. The van der Waals surface area contributed by atoms with Crippen molar-refractivity contribution in [1.82, 2.24) is 0 Å². The van der Waals surface area contributed by atoms with Gasteiger partial charge in [0.25, 0.3) is 0 Å². The van der Waals surface area contributed by atoms with Crippen LogP contribution >= 0.6 is 26.6 Å². The molecular formula is C12H11BrClNO5S. The molecular weight excluding hydrogens is 386 g/mol. The molecule has 2 rings (SSSR count). The first-order valence-electron chi connectivity index (χ1n) is 5.85. The number of benzene rings is 1. The van der Waals surface area contributed by atoms with Gasteiger partial charge in [0.2, 0.25) is 15.0 Å². The Labute approximate surface area is 134 Å². The van der Waals surface area contributed by atoms with Crippen molar-refractivity contribution < 1.29 is 22.7 Å². The maximum Gasteiger partial charge on any atom is 0.337 e. The van der Waals surface area contributed by atoms with Gasteiger partial charge >= 0.3 is 5.97 Å². The van der Waals surface area contributed by atoms with Gasteiger partial charge in [0, 0.05) is 28.1 Å². The second-order valence-electron chi connectivity index (χ2n) is 4.46. The van der Waals surface area contributed by atoms with E-state index < -0.39 is 20.3 Å². The lowest BCUT2D eigenvalue weighted by Crippen LogP contribution is -2.27. The maximum absolute atomic E-state index is 11.9. The minimum Gasteiger partial charge on any atom is -0.465 e. The van der Waals surface area contributed by atoms with E-state index in [9.17, 15) is 18.0 Å². The third kappa shape index (κ3) is 3.38. The van der Waals surface area contributed by atoms with Gasteiger partial charge in [0.15, 0.2) is 0 Å². The van der Waals surface area contributed by atoms with E-state index in [2.05, 4.69) is 20.7 Å². The number of carbonyl (C=O) groups excluding carboxylic acids is 2. The van der Waals surface area contributed by atoms with Crippen molar-refractivity contribution in [3.05, 3.63) is 28.2 Å². The quantitative estimate of drug-likeness (QED) is 0.576. The molecule has 0 N–H and O–H groups in total. The van der Waals surface area contributed by atoms with E-state index in [1.54, 1.807) is 6.07 Å². The molecule has 9 heteroatoms. The highest BCUT2D eigenvalue weighted by Gasteiger charge is 2.38. The molecule has 1 fully saturated rings. The molecule has 6 nitrogen and oxygen atoms in total. The van der Waals surface area contributed by atoms with E-state index in [0.29, 0.717) is 15.7 Å². The molecule has 1 atom stereocenters. The molecule has 0 aromatic heterocycles. The molecule has 0 saturated carbocycles. The highest BCUT2D eigenvalue weighted by atomic mass is 79.9. The van der Waals surface area contributed by atoms with Crippen molar-refractivity contribution in [1.29, 1.82) is 0 Å². The first kappa shape index (κ1) is 16.3. The molecule has 1 amide bonds. The molecule has 1 saturated heterocycles. The fourth-order valence-electron chi connectivity index (χ4n) is 2.07. The van der Waals surface area contributed by atoms with Crippen LogP contribution in [-0.2, 0) is 18.6 Å². The number of anilines is 1. The summed E-state index contributed by atoms with van der Waals surface area (Å²) in [6, 6.07) is 4.57. The molecule has 1 heterocycles. The van der Waals surface area contributed by atoms with Crippen molar-refractivity contribution >= 4 is 53.2 Å². The number of hydrogen-bond donors (Lipinski definition) is 0. The Kier molecular flexibility index (Phi) is 4.60. The Bertz CT molecular complexity index is 706. The van der Waals surface area contributed by atoms with E-state index in [1.807, 2.05) is 0 Å². The van der Waals surface area contributed by atoms with E-state index >= 15 is 0 Å². The minimum absolute atomic E-state index is 0.0131. The van der Waals surface area contributed by atoms with Gasteiger partial charge in [-0.3, -0.25) is 4.79 Å². The summed E-state index contributed by atoms with van der Waals surface area (Å²) in [5.41, 5.74) is 0.803. The zero-order chi connectivity index (χ0) is 15.8. The summed E-state index contributed by atoms with van der Waals surface area (Å²) in [7, 11) is 2.78. The van der Waals surface area contributed by atoms with Crippen molar-refractivity contribution in [3.8, 4) is 0 Å². The molecule has 1 aromatic rings. The first-order valence-corrected chi connectivity index (χ1v) is 9.02. The number of carbonyl (C=O) groups is 2. The Morgan fingerprint density at radius 1 is 1.48 bits per heavy atom. The van der Waals surface area contributed by atoms with E-state index in [1.165, 1.54) is 24.1 Å². The number of rotatable bonds is 3. The summed E-state index contributed by atoms with van der Waals surface area (Å²) in [6.45, 7) is -0.0131. The molecule has 114 valence electrons. The summed E-state index contributed by atoms with van der Waals surface area (Å²) in [6.07, 6.45) is -0.156. The molecule has 0 spiro atoms. The summed E-state index contributed by atoms with van der Waals surface area (Å²) in [5.74, 6) is -0.841. The summed E-state index contributed by atoms with van der Waals surface area (Å²) < 4.78 is 27.8. The molecule has 1 aliphatic heterocycles. The Hall–Kier alpha value is -1.12. The van der Waals surface area contributed by atoms with E-state index in [-0.39, 0.29) is 18.9 Å². The fraction of sp³-hybridized carbons (Fsp3) is 0.333. The van der Waals surface area contributed by atoms with Gasteiger partial charge in [-0.25, -0.2) is 13.2 Å². The Morgan fingerprint density at radius 2 is 2.14 bits per heavy atom. The molecule has 0 radical (unpaired) electrons. The van der Waals surface area contributed by atoms with Crippen LogP contribution < -0.4 is 4.90 Å². The standard InChI is InChI=1S/C12H11BrClNO5S/c1-20-12(17)7-2-3-10(9(13)4-7)15-6-8(5-11(15)16)21(14,18)19/h2-4,8H,5-6H2,1H3. The third-order valence-corrected chi connectivity index (χ3v) is 5.65. The summed E-state index contributed by atoms with van der Waals surface area (Å²) in [4.78, 5) is 24.7. The van der Waals surface area contributed by atoms with Crippen LogP contribution in [0.1, 0.15) is 16.8 Å². The zero-order valence-electron chi connectivity index (χ0n) is 10.9. The number of esters is 1. The second kappa shape index (κ2) is 5.94. The topological polar surface area (TPSA) is 80.8 Å². The average molecular weight is 397 g/mol. The van der Waals surface area contributed by atoms with Gasteiger partial charge in [0.1, 0.15) is 5.25 Å². The van der Waals surface area contributed by atoms with E-state index in [0.717, 1.165) is 0 Å². The number of methoxy groups -OCH3 is 1. The van der Waals surface area contributed by atoms with Crippen LogP contribution in [0.5, 0.6) is 0 Å². The number of halogens is 2. The van der Waals surface area contributed by atoms with Crippen LogP contribution in [0, 0.1) is 0 Å². The van der Waals surface area contributed by atoms with Gasteiger partial charge in [-0.1, -0.05) is 0 Å². The normalized spacial score (nSPS) is 18.9. The lowest BCUT2D eigenvalue weighted by Gasteiger charge is -2.18. The first-order chi connectivity index (χ1) is 9.74. The van der Waals surface area contributed by atoms with E-state index in [4.69, 9.17) is 10.7 Å². The lowest BCUT2D eigenvalue weighted by atomic mass is 10.2. The smallest absolute Gasteiger partial charge is 0.337 e. The van der Waals surface area contributed by atoms with Crippen LogP contribution in [0.2, 0.25) is 0 Å². The SMILES string of the molecule is COC(=O)c1ccc(N2CC(S(=O)(=O)Cl)CC2=O)c(Br)c1. The molecule has 21 heavy (non-hydrogen) atoms. The fourth-order valence-corrected chi connectivity index (χ4v) is 3.69. The molecule has 0 aliphatic carbocycles. The van der Waals surface area contributed by atoms with Gasteiger partial charge in [-0.05, 0) is 34.1 Å². The minimum atomic E-state index is -3.79. The number of hydrogen-bond acceptors (Lipinski definition) is 5. The van der Waals surface area contributed by atoms with Crippen LogP contribution in [0.15, 0.2) is 22.7 Å². The third-order valence-electron chi connectivity index (χ3n) is 3.15. The van der Waals surface area contributed by atoms with Gasteiger partial charge in [-0.2, -0.15) is 0 Å². The average Bonchev–Trinajstić information content (AvgIpc) is 2.79. The molecule has 0 bridgehead atoms. The number of ether oxygens (including phenoxy) is 1. The monoisotopic (exact) mass is 395 g/mol. The zero-order valence-corrected chi connectivity index (χ0v) is 14.0. The second-order valence-corrected chi connectivity index (χ2v) is 8.23. The molecule has 1 aliphatic rings. The number of amides is 1. The highest BCUT2D eigenvalue weighted by molar-refractivity contribution is 9.10. The van der Waals surface area contributed by atoms with Crippen molar-refractivity contribution in [2.75, 3.05) is 18.6 Å². The predicted octanol–water partition coefficient (Wildman–Crippen LogP) is 1.91. The summed E-state index contributed by atoms with van der Waals surface area (Å²) in [5, 5.41) is -0.932. The largest absolute Gasteiger partial charge is 0.465 e. The molecule has 1 unspecified atom stereocenters. The van der Waals surface area contributed by atoms with Gasteiger partial charge in [0.05, 0.1) is 18.4 Å². The van der Waals surface area contributed by atoms with Crippen LogP contribution in [0.25, 0.3) is 0 Å². The van der Waals surface area contributed by atoms with Crippen molar-refractivity contribution in [3.63, 3.8) is 0 Å². The predicted molar refractivity (Wildman–Crippen MR) is 81.0 cm³/mol. The Morgan fingerprint density at radius 3 is 2.62 bits per heavy atom. The van der Waals surface area contributed by atoms with Gasteiger partial charge < -0.3 is 9.64 Å². The van der Waals surface area contributed by atoms with Crippen LogP contribution in [0.4, 0.5) is 5.69 Å². The van der Waals surface area contributed by atoms with Gasteiger partial charge in [-0.15, -0.1) is 0 Å². The van der Waals surface area contributed by atoms with Crippen LogP contribution in [0.3, 0.4) is 0 Å².